The lowest BCUT2D eigenvalue weighted by molar-refractivity contribution is -0.146. The van der Waals surface area contributed by atoms with Crippen LogP contribution in [0.3, 0.4) is 0 Å². The molecule has 0 heterocycles. The van der Waals surface area contributed by atoms with E-state index in [0.29, 0.717) is 0 Å². The minimum absolute atomic E-state index is 0.319. The Bertz CT molecular complexity index is 774. The van der Waals surface area contributed by atoms with Crippen LogP contribution in [0.25, 0.3) is 0 Å². The Morgan fingerprint density at radius 2 is 0.553 bits per heavy atom. The third kappa shape index (κ3) is 14.6. The number of carbonyl (C=O) groups is 3. The molecular formula is C12H30O22P4. The van der Waals surface area contributed by atoms with E-state index in [1.54, 1.807) is 0 Å². The van der Waals surface area contributed by atoms with Crippen LogP contribution >= 0.6 is 30.6 Å². The third-order valence-electron chi connectivity index (χ3n) is 3.13. The molecule has 0 aliphatic rings. The Morgan fingerprint density at radius 1 is 0.447 bits per heavy atom. The Labute approximate surface area is 214 Å². The second-order valence-electron chi connectivity index (χ2n) is 5.52. The topological polar surface area (TPSA) is 357 Å². The monoisotopic (exact) mass is 650 g/mol. The van der Waals surface area contributed by atoms with E-state index in [4.69, 9.17) is 49.9 Å². The summed E-state index contributed by atoms with van der Waals surface area (Å²) in [7, 11) is -11.4. The van der Waals surface area contributed by atoms with E-state index in [1.165, 1.54) is 0 Å². The van der Waals surface area contributed by atoms with Gasteiger partial charge < -0.3 is 72.5 Å². The van der Waals surface area contributed by atoms with Gasteiger partial charge >= 0.3 is 47.2 Å². The summed E-state index contributed by atoms with van der Waals surface area (Å²) >= 11 is 0. The molecular weight excluding hydrogens is 620 g/mol. The molecule has 0 unspecified atom stereocenters. The van der Waals surface area contributed by atoms with Crippen molar-refractivity contribution in [3.05, 3.63) is 0 Å². The molecule has 0 aromatic heterocycles. The van der Waals surface area contributed by atoms with Crippen molar-refractivity contribution in [2.24, 2.45) is 0 Å². The number of rotatable bonds is 12. The first kappa shape index (κ1) is 44.4. The van der Waals surface area contributed by atoms with Crippen LogP contribution in [0.2, 0.25) is 0 Å². The highest BCUT2D eigenvalue weighted by atomic mass is 31.2. The maximum atomic E-state index is 11.0. The van der Waals surface area contributed by atoms with E-state index < -0.39 is 47.2 Å². The Hall–Kier alpha value is -0.670. The average molecular weight is 650 g/mol. The molecule has 0 aliphatic heterocycles. The molecule has 0 amide bonds. The van der Waals surface area contributed by atoms with E-state index in [9.17, 15) is 28.1 Å². The van der Waals surface area contributed by atoms with Crippen molar-refractivity contribution in [3.8, 4) is 0 Å². The number of carbonyl (C=O) groups excluding carboxylic acids is 3. The SMILES string of the molecule is COP(=O)(OC)C(O)(O)C=O.COP(=O)(OC)C(O)(O)C=O.COP(=O)(OC)C(O)(O)C=O.O=P(O)(O)O. The zero-order chi connectivity index (χ0) is 31.9. The van der Waals surface area contributed by atoms with Gasteiger partial charge in [0.05, 0.1) is 0 Å². The van der Waals surface area contributed by atoms with Gasteiger partial charge in [-0.1, -0.05) is 0 Å². The number of hydrogen-bond donors (Lipinski definition) is 9. The molecule has 26 heteroatoms. The van der Waals surface area contributed by atoms with Crippen molar-refractivity contribution in [1.29, 1.82) is 0 Å². The highest BCUT2D eigenvalue weighted by Crippen LogP contribution is 2.56. The van der Waals surface area contributed by atoms with Gasteiger partial charge in [-0.15, -0.1) is 0 Å². The minimum atomic E-state index is -4.64. The van der Waals surface area contributed by atoms with Gasteiger partial charge in [-0.2, -0.15) is 0 Å². The lowest BCUT2D eigenvalue weighted by Gasteiger charge is -2.22. The number of phosphoric acid groups is 1. The van der Waals surface area contributed by atoms with Crippen LogP contribution in [-0.2, 0) is 59.8 Å². The lowest BCUT2D eigenvalue weighted by Crippen LogP contribution is -2.31. The maximum Gasteiger partial charge on any atom is 0.466 e. The molecule has 0 rings (SSSR count). The van der Waals surface area contributed by atoms with Crippen molar-refractivity contribution in [2.75, 3.05) is 42.7 Å². The first-order valence-corrected chi connectivity index (χ1v) is 14.7. The first-order valence-electron chi connectivity index (χ1n) is 8.46. The zero-order valence-corrected chi connectivity index (χ0v) is 23.9. The molecule has 230 valence electrons. The molecule has 38 heavy (non-hydrogen) atoms. The number of aldehydes is 3. The van der Waals surface area contributed by atoms with Crippen LogP contribution in [0.5, 0.6) is 0 Å². The highest BCUT2D eigenvalue weighted by molar-refractivity contribution is 7.56. The van der Waals surface area contributed by atoms with Gasteiger partial charge in [0, 0.05) is 42.7 Å². The van der Waals surface area contributed by atoms with Crippen LogP contribution < -0.4 is 0 Å². The summed E-state index contributed by atoms with van der Waals surface area (Å²) in [4.78, 5) is 51.4. The van der Waals surface area contributed by atoms with E-state index in [-0.39, 0.29) is 18.9 Å². The summed E-state index contributed by atoms with van der Waals surface area (Å²) < 4.78 is 66.8. The van der Waals surface area contributed by atoms with Gasteiger partial charge in [-0.05, 0) is 0 Å². The molecule has 0 saturated carbocycles. The second-order valence-corrected chi connectivity index (χ2v) is 13.7. The van der Waals surface area contributed by atoms with Crippen LogP contribution in [0.15, 0.2) is 0 Å². The number of aliphatic hydroxyl groups is 6. The van der Waals surface area contributed by atoms with E-state index in [2.05, 4.69) is 27.1 Å². The summed E-state index contributed by atoms with van der Waals surface area (Å²) in [6.45, 7) is 0. The van der Waals surface area contributed by atoms with Crippen LogP contribution in [0.1, 0.15) is 0 Å². The van der Waals surface area contributed by atoms with Gasteiger partial charge in [-0.3, -0.25) is 28.1 Å². The molecule has 0 aliphatic carbocycles. The van der Waals surface area contributed by atoms with Crippen LogP contribution in [0, 0.1) is 0 Å². The number of hydrogen-bond acceptors (Lipinski definition) is 19. The maximum absolute atomic E-state index is 11.0. The molecule has 0 atom stereocenters. The van der Waals surface area contributed by atoms with Gasteiger partial charge in [0.2, 0.25) is 0 Å². The molecule has 0 spiro atoms. The fraction of sp³-hybridized carbons (Fsp3) is 0.750. The fourth-order valence-electron chi connectivity index (χ4n) is 1.22. The molecule has 9 N–H and O–H groups in total. The van der Waals surface area contributed by atoms with Gasteiger partial charge in [-0.25, -0.2) is 4.57 Å². The van der Waals surface area contributed by atoms with Crippen molar-refractivity contribution in [2.45, 2.75) is 16.6 Å². The summed E-state index contributed by atoms with van der Waals surface area (Å²) in [5.74, 6) is 0. The Balaban J connectivity index is -0.000000209. The van der Waals surface area contributed by atoms with Gasteiger partial charge in [0.1, 0.15) is 0 Å². The molecule has 22 nitrogen and oxygen atoms in total. The third-order valence-corrected chi connectivity index (χ3v) is 8.74. The molecule has 0 bridgehead atoms. The first-order chi connectivity index (χ1) is 16.8. The standard InChI is InChI=1S/3C4H9O6P.H3O4P/c3*1-9-11(8,10-2)4(6,7)3-5;1-5(2,3)4/h3*3,6-7H,1-2H3;(H3,1,2,3,4). The molecule has 0 fully saturated rings. The zero-order valence-electron chi connectivity index (χ0n) is 20.4. The Morgan fingerprint density at radius 3 is 0.579 bits per heavy atom. The fourth-order valence-corrected chi connectivity index (χ4v) is 3.67. The predicted molar refractivity (Wildman–Crippen MR) is 119 cm³/mol. The minimum Gasteiger partial charge on any atom is -0.350 e. The highest BCUT2D eigenvalue weighted by Gasteiger charge is 2.49. The molecule has 0 aromatic rings. The molecule has 0 saturated heterocycles. The van der Waals surface area contributed by atoms with Crippen molar-refractivity contribution < 1.29 is 105 Å². The van der Waals surface area contributed by atoms with Crippen molar-refractivity contribution in [3.63, 3.8) is 0 Å². The molecule has 0 radical (unpaired) electrons. The largest absolute Gasteiger partial charge is 0.466 e. The normalized spacial score (nSPS) is 12.9. The van der Waals surface area contributed by atoms with E-state index >= 15 is 0 Å². The summed E-state index contributed by atoms with van der Waals surface area (Å²) in [5, 5.41) is 52.3. The van der Waals surface area contributed by atoms with E-state index in [1.807, 2.05) is 0 Å². The average Bonchev–Trinajstić information content (AvgIpc) is 2.86. The van der Waals surface area contributed by atoms with Crippen LogP contribution in [-0.4, -0.2) is 123 Å². The quantitative estimate of drug-likeness (QED) is 0.0577. The van der Waals surface area contributed by atoms with E-state index in [0.717, 1.165) is 42.7 Å². The molecule has 0 aromatic carbocycles. The van der Waals surface area contributed by atoms with Crippen molar-refractivity contribution in [1.82, 2.24) is 0 Å². The lowest BCUT2D eigenvalue weighted by atomic mass is 10.7. The van der Waals surface area contributed by atoms with Gasteiger partial charge in [0.15, 0.2) is 18.9 Å². The Kier molecular flexibility index (Phi) is 20.9. The smallest absolute Gasteiger partial charge is 0.350 e. The second kappa shape index (κ2) is 17.9. The predicted octanol–water partition coefficient (Wildman–Crippen LogP) is -3.00. The van der Waals surface area contributed by atoms with Crippen LogP contribution in [0.4, 0.5) is 0 Å². The summed E-state index contributed by atoms with van der Waals surface area (Å²) in [6, 6.07) is 0. The summed E-state index contributed by atoms with van der Waals surface area (Å²) in [5.41, 5.74) is -9.22. The van der Waals surface area contributed by atoms with Crippen molar-refractivity contribution >= 4 is 49.5 Å². The summed E-state index contributed by atoms with van der Waals surface area (Å²) in [6.07, 6.45) is -0.956. The van der Waals surface area contributed by atoms with Gasteiger partial charge in [0.25, 0.3) is 0 Å².